The van der Waals surface area contributed by atoms with E-state index in [0.717, 1.165) is 30.8 Å². The van der Waals surface area contributed by atoms with E-state index < -0.39 is 11.8 Å². The number of nitrogens with zero attached hydrogens (tertiary/aromatic N) is 2. The van der Waals surface area contributed by atoms with Gasteiger partial charge in [0.2, 0.25) is 5.78 Å². The molecular formula is C20H23FN4O3. The van der Waals surface area contributed by atoms with E-state index in [2.05, 4.69) is 15.5 Å². The van der Waals surface area contributed by atoms with Gasteiger partial charge in [-0.3, -0.25) is 14.4 Å². The van der Waals surface area contributed by atoms with E-state index in [1.807, 2.05) is 0 Å². The van der Waals surface area contributed by atoms with E-state index in [1.165, 1.54) is 6.07 Å². The average Bonchev–Trinajstić information content (AvgIpc) is 3.03. The third-order valence-corrected chi connectivity index (χ3v) is 6.56. The van der Waals surface area contributed by atoms with Crippen molar-refractivity contribution in [3.8, 4) is 0 Å². The molecule has 1 amide bonds. The highest BCUT2D eigenvalue weighted by Crippen LogP contribution is 2.37. The average molecular weight is 386 g/mol. The normalized spacial score (nSPS) is 31.4. The van der Waals surface area contributed by atoms with E-state index in [0.29, 0.717) is 49.9 Å². The molecule has 8 heteroatoms. The van der Waals surface area contributed by atoms with E-state index in [1.54, 1.807) is 11.0 Å². The molecule has 1 aromatic rings. The van der Waals surface area contributed by atoms with Crippen molar-refractivity contribution in [2.75, 3.05) is 24.5 Å². The van der Waals surface area contributed by atoms with Crippen molar-refractivity contribution in [1.82, 2.24) is 15.5 Å². The van der Waals surface area contributed by atoms with Crippen LogP contribution in [0.1, 0.15) is 35.2 Å². The first-order chi connectivity index (χ1) is 13.5. The Labute approximate surface area is 162 Å². The summed E-state index contributed by atoms with van der Waals surface area (Å²) in [5, 5.41) is 6.55. The van der Waals surface area contributed by atoms with Crippen LogP contribution in [0.25, 0.3) is 0 Å². The van der Waals surface area contributed by atoms with Crippen LogP contribution in [0.15, 0.2) is 12.1 Å². The molecule has 148 valence electrons. The Morgan fingerprint density at radius 3 is 2.61 bits per heavy atom. The second-order valence-corrected chi connectivity index (χ2v) is 8.30. The number of benzene rings is 1. The third kappa shape index (κ3) is 2.82. The van der Waals surface area contributed by atoms with Gasteiger partial charge in [0.25, 0.3) is 5.91 Å². The van der Waals surface area contributed by atoms with E-state index in [9.17, 15) is 18.8 Å². The number of carbonyl (C=O) groups excluding carboxylic acids is 3. The molecule has 6 rings (SSSR count). The van der Waals surface area contributed by atoms with Gasteiger partial charge in [-0.05, 0) is 31.4 Å². The number of piperidine rings is 2. The number of ketones is 1. The number of Topliss-reactive ketones (excluding diaryl/α,β-unsaturated/α-hetero) is 1. The quantitative estimate of drug-likeness (QED) is 0.569. The van der Waals surface area contributed by atoms with Crippen molar-refractivity contribution in [3.05, 3.63) is 29.1 Å². The molecule has 7 nitrogen and oxygen atoms in total. The SMILES string of the molecule is O=CC(=O)C1CCC(N2Cc3c(cc(F)cc3N3CC4CC(C3)N4)C2=O)CN1. The van der Waals surface area contributed by atoms with Gasteiger partial charge in [-0.1, -0.05) is 0 Å². The van der Waals surface area contributed by atoms with Crippen molar-refractivity contribution >= 4 is 23.7 Å². The molecule has 0 aromatic heterocycles. The number of hydrogen-bond acceptors (Lipinski definition) is 6. The summed E-state index contributed by atoms with van der Waals surface area (Å²) in [5.74, 6) is -0.978. The second-order valence-electron chi connectivity index (χ2n) is 8.30. The summed E-state index contributed by atoms with van der Waals surface area (Å²) in [6.45, 7) is 2.59. The molecule has 5 aliphatic heterocycles. The van der Waals surface area contributed by atoms with Gasteiger partial charge in [0, 0.05) is 61.1 Å². The molecule has 5 heterocycles. The maximum atomic E-state index is 14.3. The van der Waals surface area contributed by atoms with Gasteiger partial charge in [0.1, 0.15) is 5.82 Å². The number of nitrogens with one attached hydrogen (secondary N) is 2. The monoisotopic (exact) mass is 386 g/mol. The maximum Gasteiger partial charge on any atom is 0.254 e. The Morgan fingerprint density at radius 1 is 1.21 bits per heavy atom. The molecular weight excluding hydrogens is 363 g/mol. The number of fused-ring (bicyclic) bond motifs is 3. The molecule has 0 radical (unpaired) electrons. The molecule has 0 saturated carbocycles. The zero-order chi connectivity index (χ0) is 19.4. The summed E-state index contributed by atoms with van der Waals surface area (Å²) in [4.78, 5) is 39.2. The first-order valence-electron chi connectivity index (χ1n) is 9.90. The van der Waals surface area contributed by atoms with Crippen LogP contribution >= 0.6 is 0 Å². The smallest absolute Gasteiger partial charge is 0.254 e. The molecule has 0 spiro atoms. The number of hydrogen-bond donors (Lipinski definition) is 2. The van der Waals surface area contributed by atoms with Crippen LogP contribution in [-0.4, -0.2) is 66.7 Å². The first kappa shape index (κ1) is 17.8. The highest BCUT2D eigenvalue weighted by Gasteiger charge is 2.41. The lowest BCUT2D eigenvalue weighted by Gasteiger charge is -2.49. The van der Waals surface area contributed by atoms with Crippen molar-refractivity contribution < 1.29 is 18.8 Å². The largest absolute Gasteiger partial charge is 0.368 e. The zero-order valence-corrected chi connectivity index (χ0v) is 15.5. The van der Waals surface area contributed by atoms with Gasteiger partial charge < -0.3 is 20.4 Å². The minimum Gasteiger partial charge on any atom is -0.368 e. The zero-order valence-electron chi connectivity index (χ0n) is 15.5. The number of aldehydes is 1. The third-order valence-electron chi connectivity index (χ3n) is 6.56. The lowest BCUT2D eigenvalue weighted by atomic mass is 9.90. The van der Waals surface area contributed by atoms with Crippen LogP contribution in [-0.2, 0) is 16.1 Å². The van der Waals surface area contributed by atoms with Gasteiger partial charge in [-0.15, -0.1) is 0 Å². The summed E-state index contributed by atoms with van der Waals surface area (Å²) in [7, 11) is 0. The standard InChI is InChI=1S/C20H23FN4O3/c21-11-3-15-16(18(4-11)24-7-12-5-13(8-24)23-12)9-25(20(15)28)14-1-2-17(22-6-14)19(27)10-26/h3-4,10,12-14,17,22-23H,1-2,5-9H2. The lowest BCUT2D eigenvalue weighted by molar-refractivity contribution is -0.131. The predicted octanol–water partition coefficient (Wildman–Crippen LogP) is 0.221. The van der Waals surface area contributed by atoms with Crippen LogP contribution in [0.3, 0.4) is 0 Å². The van der Waals surface area contributed by atoms with E-state index in [4.69, 9.17) is 0 Å². The van der Waals surface area contributed by atoms with Crippen LogP contribution in [0, 0.1) is 5.82 Å². The maximum absolute atomic E-state index is 14.3. The Morgan fingerprint density at radius 2 is 1.96 bits per heavy atom. The van der Waals surface area contributed by atoms with Gasteiger partial charge in [-0.2, -0.15) is 0 Å². The molecule has 4 unspecified atom stereocenters. The topological polar surface area (TPSA) is 81.8 Å². The van der Waals surface area contributed by atoms with Crippen molar-refractivity contribution in [3.63, 3.8) is 0 Å². The van der Waals surface area contributed by atoms with Crippen molar-refractivity contribution in [2.24, 2.45) is 0 Å². The van der Waals surface area contributed by atoms with Gasteiger partial charge in [-0.25, -0.2) is 4.39 Å². The Kier molecular flexibility index (Phi) is 4.21. The summed E-state index contributed by atoms with van der Waals surface area (Å²) in [6.07, 6.45) is 2.67. The van der Waals surface area contributed by atoms with E-state index in [-0.39, 0.29) is 17.8 Å². The fourth-order valence-electron chi connectivity index (χ4n) is 5.10. The minimum absolute atomic E-state index is 0.0667. The van der Waals surface area contributed by atoms with Gasteiger partial charge >= 0.3 is 0 Å². The number of rotatable bonds is 4. The number of amides is 1. The molecule has 0 aliphatic carbocycles. The minimum atomic E-state index is -0.464. The number of halogens is 1. The second kappa shape index (κ2) is 6.63. The molecule has 28 heavy (non-hydrogen) atoms. The molecule has 2 N–H and O–H groups in total. The van der Waals surface area contributed by atoms with Crippen LogP contribution in [0.2, 0.25) is 0 Å². The molecule has 1 aromatic carbocycles. The first-order valence-corrected chi connectivity index (χ1v) is 9.90. The summed E-state index contributed by atoms with van der Waals surface area (Å²) >= 11 is 0. The number of carbonyl (C=O) groups is 3. The number of piperazine rings is 1. The molecule has 4 saturated heterocycles. The van der Waals surface area contributed by atoms with Crippen LogP contribution in [0.5, 0.6) is 0 Å². The Balaban J connectivity index is 1.36. The van der Waals surface area contributed by atoms with Crippen molar-refractivity contribution in [2.45, 2.75) is 50.0 Å². The Hall–Kier alpha value is -2.32. The molecule has 5 aliphatic rings. The molecule has 2 bridgehead atoms. The van der Waals surface area contributed by atoms with E-state index >= 15 is 0 Å². The summed E-state index contributed by atoms with van der Waals surface area (Å²) in [5.41, 5.74) is 2.19. The van der Waals surface area contributed by atoms with Crippen LogP contribution in [0.4, 0.5) is 10.1 Å². The fraction of sp³-hybridized carbons (Fsp3) is 0.550. The Bertz CT molecular complexity index is 836. The highest BCUT2D eigenvalue weighted by molar-refractivity contribution is 6.27. The van der Waals surface area contributed by atoms with Gasteiger partial charge in [0.15, 0.2) is 6.29 Å². The number of anilines is 1. The summed E-state index contributed by atoms with van der Waals surface area (Å²) < 4.78 is 14.3. The predicted molar refractivity (Wildman–Crippen MR) is 99.7 cm³/mol. The fourth-order valence-corrected chi connectivity index (χ4v) is 5.10. The van der Waals surface area contributed by atoms with Crippen LogP contribution < -0.4 is 15.5 Å². The lowest BCUT2D eigenvalue weighted by Crippen LogP contribution is -2.67. The molecule has 4 atom stereocenters. The molecule has 4 fully saturated rings. The summed E-state index contributed by atoms with van der Waals surface area (Å²) in [6, 6.07) is 3.26. The van der Waals surface area contributed by atoms with Gasteiger partial charge in [0.05, 0.1) is 6.04 Å². The van der Waals surface area contributed by atoms with Crippen molar-refractivity contribution in [1.29, 1.82) is 0 Å². The highest BCUT2D eigenvalue weighted by atomic mass is 19.1.